The van der Waals surface area contributed by atoms with Gasteiger partial charge in [-0.05, 0) is 128 Å². The number of nitrogens with zero attached hydrogens (tertiary/aromatic N) is 3. The Labute approximate surface area is 357 Å². The Bertz CT molecular complexity index is 4040. The molecule has 3 aromatic heterocycles. The van der Waals surface area contributed by atoms with Gasteiger partial charge in [0.15, 0.2) is 0 Å². The number of para-hydroxylation sites is 3. The van der Waals surface area contributed by atoms with Gasteiger partial charge in [-0.15, -0.1) is 0 Å². The van der Waals surface area contributed by atoms with Gasteiger partial charge < -0.3 is 9.13 Å². The van der Waals surface area contributed by atoms with Gasteiger partial charge in [0.25, 0.3) is 0 Å². The van der Waals surface area contributed by atoms with E-state index in [4.69, 9.17) is 4.98 Å². The van der Waals surface area contributed by atoms with Crippen molar-refractivity contribution in [3.8, 4) is 56.0 Å². The molecule has 0 atom stereocenters. The minimum atomic E-state index is 0.997. The lowest BCUT2D eigenvalue weighted by Crippen LogP contribution is -1.95. The number of rotatable bonds is 4. The molecule has 3 nitrogen and oxygen atoms in total. The van der Waals surface area contributed by atoms with Crippen molar-refractivity contribution in [3.63, 3.8) is 0 Å². The average Bonchev–Trinajstić information content (AvgIpc) is 3.97. The molecule has 1 aliphatic carbocycles. The highest BCUT2D eigenvalue weighted by atomic mass is 15.0. The lowest BCUT2D eigenvalue weighted by Gasteiger charge is -2.14. The molecule has 0 unspecified atom stereocenters. The lowest BCUT2D eigenvalue weighted by molar-refractivity contribution is 1.18. The molecule has 10 aromatic carbocycles. The van der Waals surface area contributed by atoms with E-state index in [1.807, 2.05) is 0 Å². The van der Waals surface area contributed by atoms with Crippen molar-refractivity contribution >= 4 is 76.1 Å². The molecule has 0 spiro atoms. The summed E-state index contributed by atoms with van der Waals surface area (Å²) in [5.74, 6) is 0. The Morgan fingerprint density at radius 1 is 0.290 bits per heavy atom. The average molecular weight is 786 g/mol. The molecule has 1 aliphatic rings. The van der Waals surface area contributed by atoms with Crippen LogP contribution in [-0.2, 0) is 0 Å². The summed E-state index contributed by atoms with van der Waals surface area (Å²) in [6.45, 7) is 0. The van der Waals surface area contributed by atoms with Crippen molar-refractivity contribution in [1.29, 1.82) is 0 Å². The van der Waals surface area contributed by atoms with Crippen molar-refractivity contribution < 1.29 is 0 Å². The van der Waals surface area contributed by atoms with Crippen LogP contribution in [0.25, 0.3) is 132 Å². The number of fused-ring (bicyclic) bond motifs is 12. The highest BCUT2D eigenvalue weighted by Crippen LogP contribution is 2.48. The van der Waals surface area contributed by atoms with E-state index < -0.39 is 0 Å². The second-order valence-electron chi connectivity index (χ2n) is 16.7. The van der Waals surface area contributed by atoms with E-state index in [2.05, 4.69) is 221 Å². The van der Waals surface area contributed by atoms with Crippen LogP contribution < -0.4 is 0 Å². The summed E-state index contributed by atoms with van der Waals surface area (Å²) in [6, 6.07) is 77.9. The third-order valence-electron chi connectivity index (χ3n) is 13.4. The van der Waals surface area contributed by atoms with E-state index in [0.29, 0.717) is 0 Å². The normalized spacial score (nSPS) is 12.2. The van der Waals surface area contributed by atoms with Gasteiger partial charge in [-0.2, -0.15) is 0 Å². The molecule has 62 heavy (non-hydrogen) atoms. The van der Waals surface area contributed by atoms with Crippen molar-refractivity contribution in [2.75, 3.05) is 0 Å². The van der Waals surface area contributed by atoms with Crippen LogP contribution in [0.4, 0.5) is 0 Å². The van der Waals surface area contributed by atoms with Gasteiger partial charge in [-0.3, -0.25) is 0 Å². The quantitative estimate of drug-likeness (QED) is 0.174. The van der Waals surface area contributed by atoms with Crippen molar-refractivity contribution in [2.24, 2.45) is 0 Å². The first-order valence-corrected chi connectivity index (χ1v) is 21.4. The van der Waals surface area contributed by atoms with Gasteiger partial charge in [-0.25, -0.2) is 4.98 Å². The maximum atomic E-state index is 5.22. The Morgan fingerprint density at radius 3 is 1.77 bits per heavy atom. The Hall–Kier alpha value is -8.27. The summed E-state index contributed by atoms with van der Waals surface area (Å²) in [7, 11) is 0. The molecule has 286 valence electrons. The summed E-state index contributed by atoms with van der Waals surface area (Å²) in [5, 5.41) is 11.2. The SMILES string of the molecule is c1ccc(-n2c3ccccc3c3cc(-c4cc5c(c6ccccc46)c4ccccc4n5-c4ccc5cc(-c6cc7c8c(cccc8n6)-c6ccccc6-7)ccc5c4)ccc32)cc1. The predicted molar refractivity (Wildman–Crippen MR) is 261 cm³/mol. The number of benzene rings is 10. The standard InChI is InChI=1S/C59H35N3/c1-2-13-40(14-3-1)61-54-23-10-8-18-45(54)50-33-38(28-30-56(50)61)49-35-57-59(47-19-7-6-17-44(47)49)48-20-9-11-24-55(48)62(57)41-29-27-36-31-39(26-25-37(36)32-41)53-34-51-43-16-5-4-15-42(43)46-21-12-22-52(60-53)58(46)51/h1-35H. The molecule has 3 heterocycles. The molecule has 14 rings (SSSR count). The van der Waals surface area contributed by atoms with Gasteiger partial charge >= 0.3 is 0 Å². The van der Waals surface area contributed by atoms with Crippen LogP contribution in [0.2, 0.25) is 0 Å². The van der Waals surface area contributed by atoms with Crippen molar-refractivity contribution in [3.05, 3.63) is 212 Å². The third-order valence-corrected chi connectivity index (χ3v) is 13.4. The first-order chi connectivity index (χ1) is 30.7. The van der Waals surface area contributed by atoms with Crippen LogP contribution >= 0.6 is 0 Å². The minimum Gasteiger partial charge on any atom is -0.309 e. The second-order valence-corrected chi connectivity index (χ2v) is 16.7. The van der Waals surface area contributed by atoms with E-state index in [1.54, 1.807) is 0 Å². The van der Waals surface area contributed by atoms with Crippen LogP contribution in [0.5, 0.6) is 0 Å². The number of aromatic nitrogens is 3. The summed E-state index contributed by atoms with van der Waals surface area (Å²) in [6.07, 6.45) is 0. The zero-order valence-electron chi connectivity index (χ0n) is 33.5. The van der Waals surface area contributed by atoms with E-state index in [9.17, 15) is 0 Å². The predicted octanol–water partition coefficient (Wildman–Crippen LogP) is 15.7. The summed E-state index contributed by atoms with van der Waals surface area (Å²) < 4.78 is 4.85. The molecule has 13 aromatic rings. The fourth-order valence-electron chi connectivity index (χ4n) is 10.7. The zero-order valence-corrected chi connectivity index (χ0v) is 33.5. The summed E-state index contributed by atoms with van der Waals surface area (Å²) in [5.41, 5.74) is 17.8. The monoisotopic (exact) mass is 785 g/mol. The molecule has 0 bridgehead atoms. The van der Waals surface area contributed by atoms with Gasteiger partial charge in [0.05, 0.1) is 33.3 Å². The van der Waals surface area contributed by atoms with Crippen molar-refractivity contribution in [2.45, 2.75) is 0 Å². The summed E-state index contributed by atoms with van der Waals surface area (Å²) >= 11 is 0. The Morgan fingerprint density at radius 2 is 0.919 bits per heavy atom. The van der Waals surface area contributed by atoms with Crippen molar-refractivity contribution in [1.82, 2.24) is 14.1 Å². The number of hydrogen-bond acceptors (Lipinski definition) is 1. The number of pyridine rings is 1. The van der Waals surface area contributed by atoms with Crippen LogP contribution in [0.15, 0.2) is 212 Å². The Balaban J connectivity index is 0.948. The zero-order chi connectivity index (χ0) is 40.5. The van der Waals surface area contributed by atoms with Crippen LogP contribution in [0.1, 0.15) is 0 Å². The van der Waals surface area contributed by atoms with Crippen LogP contribution in [-0.4, -0.2) is 14.1 Å². The molecule has 0 saturated heterocycles. The molecule has 0 radical (unpaired) electrons. The van der Waals surface area contributed by atoms with Gasteiger partial charge in [0.2, 0.25) is 0 Å². The van der Waals surface area contributed by atoms with Crippen LogP contribution in [0, 0.1) is 0 Å². The molecule has 3 heteroatoms. The number of hydrogen-bond donors (Lipinski definition) is 0. The Kier molecular flexibility index (Phi) is 6.83. The molecule has 0 saturated carbocycles. The topological polar surface area (TPSA) is 22.8 Å². The molecule has 0 aliphatic heterocycles. The fourth-order valence-corrected chi connectivity index (χ4v) is 10.7. The van der Waals surface area contributed by atoms with Gasteiger partial charge in [0.1, 0.15) is 0 Å². The molecule has 0 fully saturated rings. The first kappa shape index (κ1) is 33.5. The largest absolute Gasteiger partial charge is 0.309 e. The minimum absolute atomic E-state index is 0.997. The first-order valence-electron chi connectivity index (χ1n) is 21.4. The molecular formula is C59H35N3. The maximum Gasteiger partial charge on any atom is 0.0722 e. The molecule has 0 N–H and O–H groups in total. The third kappa shape index (κ3) is 4.68. The van der Waals surface area contributed by atoms with Crippen LogP contribution in [0.3, 0.4) is 0 Å². The van der Waals surface area contributed by atoms with E-state index in [0.717, 1.165) is 22.5 Å². The van der Waals surface area contributed by atoms with Gasteiger partial charge in [0, 0.05) is 43.9 Å². The highest BCUT2D eigenvalue weighted by molar-refractivity contribution is 6.25. The molecule has 0 amide bonds. The smallest absolute Gasteiger partial charge is 0.0722 e. The van der Waals surface area contributed by atoms with E-state index in [1.165, 1.54) is 110 Å². The lowest BCUT2D eigenvalue weighted by atomic mass is 9.94. The van der Waals surface area contributed by atoms with Gasteiger partial charge in [-0.1, -0.05) is 140 Å². The maximum absolute atomic E-state index is 5.22. The summed E-state index contributed by atoms with van der Waals surface area (Å²) in [4.78, 5) is 5.22. The highest BCUT2D eigenvalue weighted by Gasteiger charge is 2.23. The molecular weight excluding hydrogens is 751 g/mol. The van der Waals surface area contributed by atoms with E-state index >= 15 is 0 Å². The second kappa shape index (κ2) is 12.6. The fraction of sp³-hybridized carbons (Fsp3) is 0. The van der Waals surface area contributed by atoms with E-state index in [-0.39, 0.29) is 0 Å².